The second-order valence-electron chi connectivity index (χ2n) is 7.64. The number of likely N-dealkylation sites (tertiary alicyclic amines) is 1. The molecule has 0 aromatic heterocycles. The first kappa shape index (κ1) is 20.0. The molecule has 2 aliphatic rings. The van der Waals surface area contributed by atoms with Crippen molar-refractivity contribution in [3.05, 3.63) is 30.3 Å². The van der Waals surface area contributed by atoms with E-state index < -0.39 is 11.9 Å². The van der Waals surface area contributed by atoms with Crippen LogP contribution < -0.4 is 10.2 Å². The molecule has 2 atom stereocenters. The number of carbonyl (C=O) groups is 3. The van der Waals surface area contributed by atoms with Crippen molar-refractivity contribution in [2.45, 2.75) is 13.3 Å². The Hall–Kier alpha value is -2.77. The van der Waals surface area contributed by atoms with Crippen molar-refractivity contribution in [1.29, 1.82) is 0 Å². The van der Waals surface area contributed by atoms with Crippen LogP contribution in [0.1, 0.15) is 13.3 Å². The first-order valence-corrected chi connectivity index (χ1v) is 9.77. The number of amides is 3. The van der Waals surface area contributed by atoms with Gasteiger partial charge in [-0.25, -0.2) is 4.79 Å². The number of carbonyl (C=O) groups excluding carboxylic acids is 2. The summed E-state index contributed by atoms with van der Waals surface area (Å²) in [6, 6.07) is 9.73. The number of aliphatic carboxylic acids is 1. The van der Waals surface area contributed by atoms with Crippen molar-refractivity contribution in [1.82, 2.24) is 15.1 Å². The molecule has 2 fully saturated rings. The van der Waals surface area contributed by atoms with E-state index in [9.17, 15) is 19.5 Å². The highest BCUT2D eigenvalue weighted by Gasteiger charge is 2.32. The van der Waals surface area contributed by atoms with Gasteiger partial charge < -0.3 is 25.1 Å². The quantitative estimate of drug-likeness (QED) is 0.805. The number of nitrogens with zero attached hydrogens (tertiary/aromatic N) is 3. The Labute approximate surface area is 165 Å². The summed E-state index contributed by atoms with van der Waals surface area (Å²) in [6.45, 7) is 5.33. The van der Waals surface area contributed by atoms with Crippen LogP contribution in [-0.2, 0) is 9.59 Å². The largest absolute Gasteiger partial charge is 0.481 e. The van der Waals surface area contributed by atoms with E-state index in [-0.39, 0.29) is 30.9 Å². The standard InChI is InChI=1S/C20H28N4O4/c1-15-11-16(19(26)27)14-24(13-15)20(28)21-12-18(25)23-9-7-22(8-10-23)17-5-3-2-4-6-17/h2-6,15-16H,7-14H2,1H3,(H,21,28)(H,26,27). The molecule has 2 N–H and O–H groups in total. The maximum absolute atomic E-state index is 12.4. The zero-order valence-electron chi connectivity index (χ0n) is 16.2. The molecule has 2 aliphatic heterocycles. The Morgan fingerprint density at radius 3 is 2.36 bits per heavy atom. The van der Waals surface area contributed by atoms with Gasteiger partial charge >= 0.3 is 12.0 Å². The number of hydrogen-bond donors (Lipinski definition) is 2. The maximum Gasteiger partial charge on any atom is 0.317 e. The van der Waals surface area contributed by atoms with Gasteiger partial charge in [0, 0.05) is 45.0 Å². The normalized spacial score (nSPS) is 22.7. The van der Waals surface area contributed by atoms with Crippen LogP contribution in [0.15, 0.2) is 30.3 Å². The summed E-state index contributed by atoms with van der Waals surface area (Å²) in [5, 5.41) is 11.9. The summed E-state index contributed by atoms with van der Waals surface area (Å²) in [4.78, 5) is 41.6. The molecular formula is C20H28N4O4. The van der Waals surface area contributed by atoms with Crippen molar-refractivity contribution in [2.75, 3.05) is 50.7 Å². The fourth-order valence-electron chi connectivity index (χ4n) is 3.92. The van der Waals surface area contributed by atoms with Crippen LogP contribution in [0.4, 0.5) is 10.5 Å². The molecule has 2 heterocycles. The predicted octanol–water partition coefficient (Wildman–Crippen LogP) is 1.09. The lowest BCUT2D eigenvalue weighted by Gasteiger charge is -2.37. The highest BCUT2D eigenvalue weighted by atomic mass is 16.4. The molecule has 3 amide bonds. The zero-order chi connectivity index (χ0) is 20.1. The summed E-state index contributed by atoms with van der Waals surface area (Å²) < 4.78 is 0. The van der Waals surface area contributed by atoms with Crippen LogP contribution >= 0.6 is 0 Å². The minimum atomic E-state index is -0.878. The lowest BCUT2D eigenvalue weighted by molar-refractivity contribution is -0.143. The van der Waals surface area contributed by atoms with Crippen molar-refractivity contribution in [2.24, 2.45) is 11.8 Å². The number of carboxylic acids is 1. The van der Waals surface area contributed by atoms with E-state index in [0.717, 1.165) is 18.8 Å². The Morgan fingerprint density at radius 1 is 1.04 bits per heavy atom. The summed E-state index contributed by atoms with van der Waals surface area (Å²) in [7, 11) is 0. The van der Waals surface area contributed by atoms with Gasteiger partial charge in [0.2, 0.25) is 5.91 Å². The SMILES string of the molecule is CC1CC(C(=O)O)CN(C(=O)NCC(=O)N2CCN(c3ccccc3)CC2)C1. The number of piperazine rings is 1. The number of anilines is 1. The lowest BCUT2D eigenvalue weighted by atomic mass is 9.91. The monoisotopic (exact) mass is 388 g/mol. The summed E-state index contributed by atoms with van der Waals surface area (Å²) in [6.07, 6.45) is 0.573. The van der Waals surface area contributed by atoms with Gasteiger partial charge in [-0.05, 0) is 24.5 Å². The molecule has 2 unspecified atom stereocenters. The summed E-state index contributed by atoms with van der Waals surface area (Å²) in [5.41, 5.74) is 1.15. The molecular weight excluding hydrogens is 360 g/mol. The second kappa shape index (κ2) is 8.95. The van der Waals surface area contributed by atoms with Gasteiger partial charge in [0.25, 0.3) is 0 Å². The van der Waals surface area contributed by atoms with Crippen molar-refractivity contribution in [3.63, 3.8) is 0 Å². The van der Waals surface area contributed by atoms with Crippen molar-refractivity contribution < 1.29 is 19.5 Å². The van der Waals surface area contributed by atoms with E-state index in [0.29, 0.717) is 26.1 Å². The molecule has 0 radical (unpaired) electrons. The summed E-state index contributed by atoms with van der Waals surface area (Å²) in [5.74, 6) is -1.41. The molecule has 2 saturated heterocycles. The first-order chi connectivity index (χ1) is 13.4. The third kappa shape index (κ3) is 4.94. The van der Waals surface area contributed by atoms with E-state index in [1.165, 1.54) is 4.90 Å². The van der Waals surface area contributed by atoms with E-state index in [1.54, 1.807) is 4.90 Å². The number of hydrogen-bond acceptors (Lipinski definition) is 4. The number of carboxylic acid groups (broad SMARTS) is 1. The number of piperidine rings is 1. The third-order valence-corrected chi connectivity index (χ3v) is 5.44. The van der Waals surface area contributed by atoms with E-state index in [1.807, 2.05) is 25.1 Å². The Balaban J connectivity index is 1.44. The van der Waals surface area contributed by atoms with Gasteiger partial charge in [-0.2, -0.15) is 0 Å². The Morgan fingerprint density at radius 2 is 1.71 bits per heavy atom. The van der Waals surface area contributed by atoms with Crippen molar-refractivity contribution in [3.8, 4) is 0 Å². The second-order valence-corrected chi connectivity index (χ2v) is 7.64. The zero-order valence-corrected chi connectivity index (χ0v) is 16.2. The first-order valence-electron chi connectivity index (χ1n) is 9.77. The Bertz CT molecular complexity index is 703. The molecule has 3 rings (SSSR count). The molecule has 152 valence electrons. The van der Waals surface area contributed by atoms with Gasteiger partial charge in [-0.3, -0.25) is 9.59 Å². The van der Waals surface area contributed by atoms with Gasteiger partial charge in [0.1, 0.15) is 0 Å². The fourth-order valence-corrected chi connectivity index (χ4v) is 3.92. The smallest absolute Gasteiger partial charge is 0.317 e. The van der Waals surface area contributed by atoms with E-state index in [2.05, 4.69) is 22.3 Å². The van der Waals surface area contributed by atoms with Crippen LogP contribution in [0.25, 0.3) is 0 Å². The lowest BCUT2D eigenvalue weighted by Crippen LogP contribution is -2.54. The number of benzene rings is 1. The van der Waals surface area contributed by atoms with E-state index >= 15 is 0 Å². The van der Waals surface area contributed by atoms with Crippen LogP contribution in [0, 0.1) is 11.8 Å². The van der Waals surface area contributed by atoms with Gasteiger partial charge in [0.05, 0.1) is 12.5 Å². The third-order valence-electron chi connectivity index (χ3n) is 5.44. The minimum absolute atomic E-state index is 0.0627. The van der Waals surface area contributed by atoms with Crippen LogP contribution in [0.5, 0.6) is 0 Å². The predicted molar refractivity (Wildman–Crippen MR) is 105 cm³/mol. The molecule has 1 aromatic carbocycles. The maximum atomic E-state index is 12.4. The topological polar surface area (TPSA) is 93.2 Å². The van der Waals surface area contributed by atoms with Gasteiger partial charge in [-0.15, -0.1) is 0 Å². The summed E-state index contributed by atoms with van der Waals surface area (Å²) >= 11 is 0. The number of rotatable bonds is 4. The number of para-hydroxylation sites is 1. The van der Waals surface area contributed by atoms with Crippen molar-refractivity contribution >= 4 is 23.6 Å². The average Bonchev–Trinajstić information content (AvgIpc) is 2.72. The average molecular weight is 388 g/mol. The van der Waals surface area contributed by atoms with Gasteiger partial charge in [-0.1, -0.05) is 25.1 Å². The molecule has 0 aliphatic carbocycles. The number of urea groups is 1. The molecule has 0 bridgehead atoms. The molecule has 28 heavy (non-hydrogen) atoms. The van der Waals surface area contributed by atoms with E-state index in [4.69, 9.17) is 0 Å². The minimum Gasteiger partial charge on any atom is -0.481 e. The Kier molecular flexibility index (Phi) is 6.38. The molecule has 0 saturated carbocycles. The molecule has 8 nitrogen and oxygen atoms in total. The van der Waals surface area contributed by atoms with Crippen LogP contribution in [-0.4, -0.2) is 78.6 Å². The van der Waals surface area contributed by atoms with Crippen LogP contribution in [0.3, 0.4) is 0 Å². The van der Waals surface area contributed by atoms with Gasteiger partial charge in [0.15, 0.2) is 0 Å². The highest BCUT2D eigenvalue weighted by Crippen LogP contribution is 2.21. The molecule has 8 heteroatoms. The number of nitrogens with one attached hydrogen (secondary N) is 1. The molecule has 1 aromatic rings. The van der Waals surface area contributed by atoms with Crippen LogP contribution in [0.2, 0.25) is 0 Å². The molecule has 0 spiro atoms. The fraction of sp³-hybridized carbons (Fsp3) is 0.550. The highest BCUT2D eigenvalue weighted by molar-refractivity contribution is 5.84.